The highest BCUT2D eigenvalue weighted by Gasteiger charge is 2.13. The third-order valence-electron chi connectivity index (χ3n) is 2.69. The van der Waals surface area contributed by atoms with Crippen molar-refractivity contribution in [1.29, 1.82) is 0 Å². The lowest BCUT2D eigenvalue weighted by atomic mass is 10.00. The molecule has 5 nitrogen and oxygen atoms in total. The van der Waals surface area contributed by atoms with Crippen LogP contribution in [0.25, 0.3) is 0 Å². The van der Waals surface area contributed by atoms with E-state index < -0.39 is 10.6 Å². The van der Waals surface area contributed by atoms with Crippen molar-refractivity contribution in [2.24, 2.45) is 0 Å². The topological polar surface area (TPSA) is 72.2 Å². The molecule has 1 aromatic heterocycles. The highest BCUT2D eigenvalue weighted by molar-refractivity contribution is 7.16. The number of fused-ring (bicyclic) bond motifs is 1. The summed E-state index contributed by atoms with van der Waals surface area (Å²) in [7, 11) is 0. The van der Waals surface area contributed by atoms with E-state index >= 15 is 0 Å². The second-order valence-electron chi connectivity index (χ2n) is 3.85. The zero-order valence-corrected chi connectivity index (χ0v) is 9.96. The minimum Gasteiger partial charge on any atom is -0.348 e. The molecule has 0 spiro atoms. The molecule has 0 atom stereocenters. The zero-order chi connectivity index (χ0) is 12.3. The lowest BCUT2D eigenvalue weighted by Gasteiger charge is -2.08. The fraction of sp³-hybridized carbons (Fsp3) is 0.364. The van der Waals surface area contributed by atoms with E-state index in [1.807, 2.05) is 6.07 Å². The summed E-state index contributed by atoms with van der Waals surface area (Å²) in [5.74, 6) is 0. The molecule has 90 valence electrons. The number of hydrogen-bond donors (Lipinski definition) is 1. The van der Waals surface area contributed by atoms with Gasteiger partial charge < -0.3 is 5.32 Å². The predicted octanol–water partition coefficient (Wildman–Crippen LogP) is 2.36. The van der Waals surface area contributed by atoms with Crippen molar-refractivity contribution in [3.63, 3.8) is 0 Å². The normalized spacial score (nSPS) is 15.2. The van der Waals surface area contributed by atoms with Crippen LogP contribution < -0.4 is 5.32 Å². The summed E-state index contributed by atoms with van der Waals surface area (Å²) in [6.45, 7) is 0. The quantitative estimate of drug-likeness (QED) is 0.386. The average molecular weight is 252 g/mol. The molecule has 17 heavy (non-hydrogen) atoms. The number of rotatable bonds is 4. The van der Waals surface area contributed by atoms with Gasteiger partial charge in [0.05, 0.1) is 16.1 Å². The van der Waals surface area contributed by atoms with Gasteiger partial charge in [-0.3, -0.25) is 14.9 Å². The summed E-state index contributed by atoms with van der Waals surface area (Å²) in [6.07, 6.45) is 5.95. The first kappa shape index (κ1) is 11.8. The van der Waals surface area contributed by atoms with Crippen LogP contribution in [0.4, 0.5) is 5.00 Å². The van der Waals surface area contributed by atoms with Crippen molar-refractivity contribution in [2.45, 2.75) is 25.7 Å². The van der Waals surface area contributed by atoms with Gasteiger partial charge in [-0.25, -0.2) is 0 Å². The Morgan fingerprint density at radius 1 is 1.47 bits per heavy atom. The van der Waals surface area contributed by atoms with Crippen LogP contribution in [0.3, 0.4) is 0 Å². The predicted molar refractivity (Wildman–Crippen MR) is 65.7 cm³/mol. The molecule has 0 amide bonds. The highest BCUT2D eigenvalue weighted by atomic mass is 32.1. The van der Waals surface area contributed by atoms with Gasteiger partial charge in [-0.05, 0) is 37.3 Å². The summed E-state index contributed by atoms with van der Waals surface area (Å²) < 4.78 is 0. The largest absolute Gasteiger partial charge is 0.348 e. The molecule has 0 radical (unpaired) electrons. The minimum atomic E-state index is -0.701. The molecule has 0 fully saturated rings. The van der Waals surface area contributed by atoms with Gasteiger partial charge in [-0.2, -0.15) is 0 Å². The number of allylic oxidation sites excluding steroid dienone is 1. The maximum atomic E-state index is 10.4. The van der Waals surface area contributed by atoms with Crippen LogP contribution in [0, 0.1) is 10.1 Å². The Balaban J connectivity index is 2.11. The number of aryl methyl sites for hydroxylation is 2. The van der Waals surface area contributed by atoms with Gasteiger partial charge in [0.1, 0.15) is 0 Å². The monoisotopic (exact) mass is 252 g/mol. The van der Waals surface area contributed by atoms with Crippen LogP contribution in [0.15, 0.2) is 18.0 Å². The lowest BCUT2D eigenvalue weighted by Crippen LogP contribution is -2.02. The maximum Gasteiger partial charge on any atom is 0.324 e. The fourth-order valence-electron chi connectivity index (χ4n) is 1.84. The second-order valence-corrected chi connectivity index (χ2v) is 4.99. The summed E-state index contributed by atoms with van der Waals surface area (Å²) in [5.41, 5.74) is 0.863. The zero-order valence-electron chi connectivity index (χ0n) is 9.14. The number of thiophene rings is 1. The summed E-state index contributed by atoms with van der Waals surface area (Å²) in [6, 6.07) is 2.01. The Morgan fingerprint density at radius 2 is 2.24 bits per heavy atom. The third kappa shape index (κ3) is 2.71. The number of nitrogens with one attached hydrogen (secondary N) is 1. The molecule has 1 heterocycles. The molecule has 1 aromatic rings. The molecule has 1 aliphatic carbocycles. The number of aldehydes is 1. The molecular formula is C11H12N2O3S. The molecule has 0 unspecified atom stereocenters. The van der Waals surface area contributed by atoms with Crippen LogP contribution in [-0.2, 0) is 17.6 Å². The van der Waals surface area contributed by atoms with Crippen LogP contribution >= 0.6 is 11.3 Å². The van der Waals surface area contributed by atoms with E-state index in [0.717, 1.165) is 24.0 Å². The molecule has 6 heteroatoms. The summed E-state index contributed by atoms with van der Waals surface area (Å²) in [5, 5.41) is 14.1. The van der Waals surface area contributed by atoms with E-state index in [-0.39, 0.29) is 6.29 Å². The molecule has 0 bridgehead atoms. The lowest BCUT2D eigenvalue weighted by molar-refractivity contribution is -0.417. The smallest absolute Gasteiger partial charge is 0.324 e. The number of carbonyl (C=O) groups is 1. The van der Waals surface area contributed by atoms with Crippen LogP contribution in [0.1, 0.15) is 23.3 Å². The first-order chi connectivity index (χ1) is 8.20. The second kappa shape index (κ2) is 5.09. The minimum absolute atomic E-state index is 0.237. The molecule has 1 aliphatic rings. The van der Waals surface area contributed by atoms with E-state index in [2.05, 4.69) is 5.32 Å². The maximum absolute atomic E-state index is 10.4. The molecule has 0 saturated carbocycles. The van der Waals surface area contributed by atoms with Crippen molar-refractivity contribution in [1.82, 2.24) is 0 Å². The highest BCUT2D eigenvalue weighted by Crippen LogP contribution is 2.32. The van der Waals surface area contributed by atoms with Crippen molar-refractivity contribution >= 4 is 22.6 Å². The Hall–Kier alpha value is -1.69. The number of carbonyl (C=O) groups excluding carboxylic acids is 1. The van der Waals surface area contributed by atoms with E-state index in [0.29, 0.717) is 0 Å². The average Bonchev–Trinajstić information content (AvgIpc) is 2.71. The van der Waals surface area contributed by atoms with Crippen LogP contribution in [-0.4, -0.2) is 11.2 Å². The summed E-state index contributed by atoms with van der Waals surface area (Å²) >= 11 is 1.61. The van der Waals surface area contributed by atoms with Crippen molar-refractivity contribution in [2.75, 3.05) is 5.32 Å². The van der Waals surface area contributed by atoms with Crippen molar-refractivity contribution in [3.8, 4) is 0 Å². The molecule has 2 rings (SSSR count). The van der Waals surface area contributed by atoms with Gasteiger partial charge in [0.25, 0.3) is 0 Å². The molecule has 1 N–H and O–H groups in total. The first-order valence-corrected chi connectivity index (χ1v) is 6.20. The molecule has 0 saturated heterocycles. The molecule has 0 aromatic carbocycles. The number of nitrogens with zero attached hydrogens (tertiary/aromatic N) is 1. The van der Waals surface area contributed by atoms with Crippen LogP contribution in [0.5, 0.6) is 0 Å². The Bertz CT molecular complexity index is 456. The van der Waals surface area contributed by atoms with Gasteiger partial charge in [-0.1, -0.05) is 0 Å². The number of hydrogen-bond acceptors (Lipinski definition) is 5. The van der Waals surface area contributed by atoms with Crippen molar-refractivity contribution in [3.05, 3.63) is 38.5 Å². The van der Waals surface area contributed by atoms with Crippen LogP contribution in [0.2, 0.25) is 0 Å². The number of nitro groups is 1. The van der Waals surface area contributed by atoms with Gasteiger partial charge in [0, 0.05) is 4.88 Å². The fourth-order valence-corrected chi connectivity index (χ4v) is 2.96. The Kier molecular flexibility index (Phi) is 3.53. The van der Waals surface area contributed by atoms with E-state index in [9.17, 15) is 14.9 Å². The summed E-state index contributed by atoms with van der Waals surface area (Å²) in [4.78, 5) is 21.5. The van der Waals surface area contributed by atoms with Gasteiger partial charge in [0.15, 0.2) is 0 Å². The standard InChI is InChI=1S/C11H12N2O3S/c14-7-9(13(15)16)6-12-11-5-8-3-1-2-4-10(8)17-11/h5-7,12H,1-4H2. The van der Waals surface area contributed by atoms with Crippen molar-refractivity contribution < 1.29 is 9.72 Å². The van der Waals surface area contributed by atoms with E-state index in [1.54, 1.807) is 11.3 Å². The molecular weight excluding hydrogens is 240 g/mol. The van der Waals surface area contributed by atoms with Gasteiger partial charge in [0.2, 0.25) is 6.29 Å². The SMILES string of the molecule is O=CC(=CNc1cc2c(s1)CCCC2)[N+](=O)[O-]. The Morgan fingerprint density at radius 3 is 2.88 bits per heavy atom. The number of anilines is 1. The van der Waals surface area contributed by atoms with Gasteiger partial charge >= 0.3 is 5.70 Å². The third-order valence-corrected chi connectivity index (χ3v) is 3.86. The van der Waals surface area contributed by atoms with E-state index in [1.165, 1.54) is 23.3 Å². The van der Waals surface area contributed by atoms with E-state index in [4.69, 9.17) is 0 Å². The molecule has 0 aliphatic heterocycles. The van der Waals surface area contributed by atoms with Gasteiger partial charge in [-0.15, -0.1) is 11.3 Å². The Labute approximate surface area is 102 Å². The first-order valence-electron chi connectivity index (χ1n) is 5.38.